The second-order valence-corrected chi connectivity index (χ2v) is 8.35. The van der Waals surface area contributed by atoms with Crippen LogP contribution in [0.5, 0.6) is 0 Å². The third-order valence-electron chi connectivity index (χ3n) is 5.80. The minimum absolute atomic E-state index is 0.745. The number of nitrogens with zero attached hydrogens (tertiary/aromatic N) is 4. The topological polar surface area (TPSA) is 49.7 Å². The standard InChI is InChI=1S/C23H31N5/c1-17-13-22(25-24-17)16-27(2)14-21-15-28(3)26-23(21)20-11-9-19(10-12-20)18-7-5-4-6-8-18/h9-13,15,18H,4-8,14,16H2,1-3H3,(H,24,25). The number of aromatic amines is 1. The van der Waals surface area contributed by atoms with Gasteiger partial charge in [0.1, 0.15) is 0 Å². The number of aryl methyl sites for hydroxylation is 2. The van der Waals surface area contributed by atoms with Crippen LogP contribution in [0.25, 0.3) is 11.3 Å². The van der Waals surface area contributed by atoms with E-state index in [0.29, 0.717) is 0 Å². The molecule has 1 aromatic carbocycles. The molecular weight excluding hydrogens is 346 g/mol. The third kappa shape index (κ3) is 4.36. The molecule has 0 unspecified atom stereocenters. The summed E-state index contributed by atoms with van der Waals surface area (Å²) in [5, 5.41) is 12.1. The van der Waals surface area contributed by atoms with Crippen LogP contribution in [0.2, 0.25) is 0 Å². The third-order valence-corrected chi connectivity index (χ3v) is 5.80. The summed E-state index contributed by atoms with van der Waals surface area (Å²) in [5.74, 6) is 0.745. The Morgan fingerprint density at radius 2 is 1.86 bits per heavy atom. The van der Waals surface area contributed by atoms with Crippen LogP contribution in [0, 0.1) is 6.92 Å². The van der Waals surface area contributed by atoms with Crippen molar-refractivity contribution >= 4 is 0 Å². The molecule has 0 bridgehead atoms. The Bertz CT molecular complexity index is 899. The summed E-state index contributed by atoms with van der Waals surface area (Å²) in [7, 11) is 4.13. The molecular formula is C23H31N5. The van der Waals surface area contributed by atoms with E-state index < -0.39 is 0 Å². The molecule has 4 rings (SSSR count). The highest BCUT2D eigenvalue weighted by Gasteiger charge is 2.17. The summed E-state index contributed by atoms with van der Waals surface area (Å²) >= 11 is 0. The maximum Gasteiger partial charge on any atom is 0.0968 e. The fourth-order valence-electron chi connectivity index (χ4n) is 4.42. The van der Waals surface area contributed by atoms with Gasteiger partial charge in [-0.25, -0.2) is 0 Å². The number of H-pyrrole nitrogens is 1. The van der Waals surface area contributed by atoms with E-state index in [4.69, 9.17) is 5.10 Å². The maximum absolute atomic E-state index is 4.76. The Balaban J connectivity index is 1.49. The predicted octanol–water partition coefficient (Wildman–Crippen LogP) is 4.80. The van der Waals surface area contributed by atoms with E-state index in [1.54, 1.807) is 0 Å². The second kappa shape index (κ2) is 8.31. The lowest BCUT2D eigenvalue weighted by Gasteiger charge is -2.22. The largest absolute Gasteiger partial charge is 0.296 e. The molecule has 0 spiro atoms. The molecule has 0 amide bonds. The molecule has 0 aliphatic heterocycles. The van der Waals surface area contributed by atoms with Crippen LogP contribution in [0.4, 0.5) is 0 Å². The number of nitrogens with one attached hydrogen (secondary N) is 1. The molecule has 3 aromatic rings. The van der Waals surface area contributed by atoms with Gasteiger partial charge in [0.2, 0.25) is 0 Å². The number of benzene rings is 1. The zero-order valence-corrected chi connectivity index (χ0v) is 17.3. The first kappa shape index (κ1) is 18.9. The van der Waals surface area contributed by atoms with Crippen molar-refractivity contribution < 1.29 is 0 Å². The van der Waals surface area contributed by atoms with Crippen molar-refractivity contribution in [2.45, 2.75) is 58.0 Å². The molecule has 0 atom stereocenters. The highest BCUT2D eigenvalue weighted by Crippen LogP contribution is 2.34. The number of aromatic nitrogens is 4. The predicted molar refractivity (Wildman–Crippen MR) is 113 cm³/mol. The Kier molecular flexibility index (Phi) is 5.62. The van der Waals surface area contributed by atoms with Gasteiger partial charge in [0.15, 0.2) is 0 Å². The summed E-state index contributed by atoms with van der Waals surface area (Å²) in [4.78, 5) is 2.28. The summed E-state index contributed by atoms with van der Waals surface area (Å²) < 4.78 is 1.92. The van der Waals surface area contributed by atoms with E-state index in [1.807, 2.05) is 18.7 Å². The zero-order chi connectivity index (χ0) is 19.5. The zero-order valence-electron chi connectivity index (χ0n) is 17.3. The molecule has 5 nitrogen and oxygen atoms in total. The number of hydrogen-bond donors (Lipinski definition) is 1. The molecule has 1 N–H and O–H groups in total. The van der Waals surface area contributed by atoms with Crippen LogP contribution in [0.3, 0.4) is 0 Å². The molecule has 2 aromatic heterocycles. The summed E-state index contributed by atoms with van der Waals surface area (Å²) in [5.41, 5.74) is 7.21. The van der Waals surface area contributed by atoms with Crippen molar-refractivity contribution in [1.29, 1.82) is 0 Å². The van der Waals surface area contributed by atoms with Gasteiger partial charge in [0.05, 0.1) is 11.4 Å². The summed E-state index contributed by atoms with van der Waals surface area (Å²) in [6.45, 7) is 3.70. The van der Waals surface area contributed by atoms with Crippen molar-refractivity contribution in [1.82, 2.24) is 24.9 Å². The molecule has 1 aliphatic rings. The van der Waals surface area contributed by atoms with Crippen LogP contribution < -0.4 is 0 Å². The van der Waals surface area contributed by atoms with Crippen molar-refractivity contribution in [2.24, 2.45) is 7.05 Å². The fourth-order valence-corrected chi connectivity index (χ4v) is 4.42. The van der Waals surface area contributed by atoms with E-state index in [2.05, 4.69) is 58.7 Å². The van der Waals surface area contributed by atoms with Gasteiger partial charge in [-0.05, 0) is 44.4 Å². The smallest absolute Gasteiger partial charge is 0.0968 e. The quantitative estimate of drug-likeness (QED) is 0.671. The van der Waals surface area contributed by atoms with Crippen LogP contribution in [0.15, 0.2) is 36.5 Å². The normalized spacial score (nSPS) is 15.4. The van der Waals surface area contributed by atoms with E-state index >= 15 is 0 Å². The number of hydrogen-bond acceptors (Lipinski definition) is 3. The molecule has 1 fully saturated rings. The van der Waals surface area contributed by atoms with Gasteiger partial charge in [0, 0.05) is 43.2 Å². The van der Waals surface area contributed by atoms with Gasteiger partial charge >= 0.3 is 0 Å². The minimum atomic E-state index is 0.745. The minimum Gasteiger partial charge on any atom is -0.296 e. The van der Waals surface area contributed by atoms with Gasteiger partial charge in [-0.15, -0.1) is 0 Å². The van der Waals surface area contributed by atoms with E-state index in [1.165, 1.54) is 48.8 Å². The van der Waals surface area contributed by atoms with Gasteiger partial charge in [0.25, 0.3) is 0 Å². The van der Waals surface area contributed by atoms with Crippen molar-refractivity contribution in [2.75, 3.05) is 7.05 Å². The molecule has 0 saturated heterocycles. The highest BCUT2D eigenvalue weighted by molar-refractivity contribution is 5.63. The summed E-state index contributed by atoms with van der Waals surface area (Å²) in [6, 6.07) is 11.3. The summed E-state index contributed by atoms with van der Waals surface area (Å²) in [6.07, 6.45) is 8.96. The van der Waals surface area contributed by atoms with Gasteiger partial charge < -0.3 is 0 Å². The monoisotopic (exact) mass is 377 g/mol. The Morgan fingerprint density at radius 1 is 1.11 bits per heavy atom. The first-order valence-electron chi connectivity index (χ1n) is 10.4. The lowest BCUT2D eigenvalue weighted by molar-refractivity contribution is 0.315. The lowest BCUT2D eigenvalue weighted by Crippen LogP contribution is -2.17. The van der Waals surface area contributed by atoms with Crippen molar-refractivity contribution in [3.8, 4) is 11.3 Å². The number of rotatable bonds is 6. The Morgan fingerprint density at radius 3 is 2.54 bits per heavy atom. The first-order chi connectivity index (χ1) is 13.6. The Hall–Kier alpha value is -2.40. The van der Waals surface area contributed by atoms with Crippen LogP contribution in [-0.2, 0) is 20.1 Å². The fraction of sp³-hybridized carbons (Fsp3) is 0.478. The SMILES string of the molecule is Cc1cc(CN(C)Cc2cn(C)nc2-c2ccc(C3CCCCC3)cc2)n[nH]1. The molecule has 5 heteroatoms. The second-order valence-electron chi connectivity index (χ2n) is 8.35. The maximum atomic E-state index is 4.76. The van der Waals surface area contributed by atoms with E-state index in [0.717, 1.165) is 36.1 Å². The van der Waals surface area contributed by atoms with Gasteiger partial charge in [-0.1, -0.05) is 43.5 Å². The molecule has 0 radical (unpaired) electrons. The molecule has 1 saturated carbocycles. The van der Waals surface area contributed by atoms with Crippen LogP contribution >= 0.6 is 0 Å². The highest BCUT2D eigenvalue weighted by atomic mass is 15.3. The Labute approximate surface area is 167 Å². The van der Waals surface area contributed by atoms with Crippen molar-refractivity contribution in [3.05, 3.63) is 59.0 Å². The molecule has 28 heavy (non-hydrogen) atoms. The van der Waals surface area contributed by atoms with Gasteiger partial charge in [-0.3, -0.25) is 14.7 Å². The van der Waals surface area contributed by atoms with Crippen LogP contribution in [-0.4, -0.2) is 31.9 Å². The lowest BCUT2D eigenvalue weighted by atomic mass is 9.84. The van der Waals surface area contributed by atoms with Crippen LogP contribution in [0.1, 0.15) is 60.5 Å². The van der Waals surface area contributed by atoms with E-state index in [-0.39, 0.29) is 0 Å². The molecule has 148 valence electrons. The van der Waals surface area contributed by atoms with E-state index in [9.17, 15) is 0 Å². The molecule has 1 aliphatic carbocycles. The van der Waals surface area contributed by atoms with Gasteiger partial charge in [-0.2, -0.15) is 10.2 Å². The van der Waals surface area contributed by atoms with Crippen molar-refractivity contribution in [3.63, 3.8) is 0 Å². The first-order valence-corrected chi connectivity index (χ1v) is 10.4. The molecule has 2 heterocycles. The average molecular weight is 378 g/mol. The average Bonchev–Trinajstić information content (AvgIpc) is 3.27.